The summed E-state index contributed by atoms with van der Waals surface area (Å²) >= 11 is 6.01. The fourth-order valence-electron chi connectivity index (χ4n) is 3.28. The molecule has 0 spiro atoms. The van der Waals surface area contributed by atoms with E-state index in [1.54, 1.807) is 32.5 Å². The first kappa shape index (κ1) is 16.7. The van der Waals surface area contributed by atoms with Crippen molar-refractivity contribution in [3.8, 4) is 11.5 Å². The van der Waals surface area contributed by atoms with Crippen molar-refractivity contribution in [1.82, 2.24) is 9.38 Å². The predicted molar refractivity (Wildman–Crippen MR) is 102 cm³/mol. The number of rotatable bonds is 3. The Morgan fingerprint density at radius 3 is 2.77 bits per heavy atom. The Labute approximate surface area is 155 Å². The van der Waals surface area contributed by atoms with Gasteiger partial charge in [-0.05, 0) is 48.8 Å². The van der Waals surface area contributed by atoms with Gasteiger partial charge in [-0.3, -0.25) is 9.20 Å². The number of fused-ring (bicyclic) bond motifs is 2. The molecule has 5 nitrogen and oxygen atoms in total. The average Bonchev–Trinajstić information content (AvgIpc) is 3.06. The number of ether oxygens (including phenoxy) is 2. The summed E-state index contributed by atoms with van der Waals surface area (Å²) in [7, 11) is 3.25. The lowest BCUT2D eigenvalue weighted by atomic mass is 10.1. The smallest absolute Gasteiger partial charge is 0.261 e. The van der Waals surface area contributed by atoms with Crippen LogP contribution < -0.4 is 15.0 Å². The van der Waals surface area contributed by atoms with Gasteiger partial charge in [0.05, 0.1) is 24.9 Å². The molecule has 0 atom stereocenters. The second-order valence-electron chi connectivity index (χ2n) is 6.10. The molecular weight excluding hydrogens is 352 g/mol. The molecule has 2 aromatic heterocycles. The first-order chi connectivity index (χ1) is 12.6. The lowest BCUT2D eigenvalue weighted by Crippen LogP contribution is -2.19. The molecule has 132 valence electrons. The second-order valence-corrected chi connectivity index (χ2v) is 6.53. The summed E-state index contributed by atoms with van der Waals surface area (Å²) in [6.45, 7) is 0. The van der Waals surface area contributed by atoms with Crippen LogP contribution in [-0.4, -0.2) is 23.6 Å². The van der Waals surface area contributed by atoms with Crippen LogP contribution in [0.1, 0.15) is 23.2 Å². The Morgan fingerprint density at radius 2 is 2.00 bits per heavy atom. The minimum atomic E-state index is -0.0578. The van der Waals surface area contributed by atoms with E-state index in [2.05, 4.69) is 0 Å². The van der Waals surface area contributed by atoms with Gasteiger partial charge >= 0.3 is 0 Å². The Balaban J connectivity index is 1.86. The van der Waals surface area contributed by atoms with E-state index in [0.29, 0.717) is 17.1 Å². The summed E-state index contributed by atoms with van der Waals surface area (Å²) in [6.07, 6.45) is 5.07. The largest absolute Gasteiger partial charge is 0.497 e. The van der Waals surface area contributed by atoms with E-state index in [9.17, 15) is 4.79 Å². The highest BCUT2D eigenvalue weighted by Crippen LogP contribution is 2.34. The summed E-state index contributed by atoms with van der Waals surface area (Å²) in [6, 6.07) is 9.16. The topological polar surface area (TPSA) is 52.8 Å². The number of aromatic nitrogens is 2. The Hall–Kier alpha value is -2.79. The zero-order valence-electron chi connectivity index (χ0n) is 14.5. The van der Waals surface area contributed by atoms with E-state index in [1.807, 2.05) is 24.3 Å². The van der Waals surface area contributed by atoms with Crippen molar-refractivity contribution in [2.45, 2.75) is 12.8 Å². The highest BCUT2D eigenvalue weighted by Gasteiger charge is 2.23. The predicted octanol–water partition coefficient (Wildman–Crippen LogP) is 3.85. The van der Waals surface area contributed by atoms with E-state index in [1.165, 1.54) is 4.40 Å². The molecule has 1 aliphatic carbocycles. The molecular formula is C20H17ClN2O3. The van der Waals surface area contributed by atoms with Crippen molar-refractivity contribution in [2.24, 2.45) is 0 Å². The second kappa shape index (κ2) is 6.50. The highest BCUT2D eigenvalue weighted by molar-refractivity contribution is 6.30. The molecule has 4 rings (SSSR count). The standard InChI is InChI=1S/C20H17ClN2O3/c1-25-15-6-3-12(17(10-15)26-2)9-13-4-7-16-19(13)22-18-8-5-14(21)11-23(18)20(16)24/h3,5-6,8-11H,4,7H2,1-2H3. The number of allylic oxidation sites excluding steroid dienone is 1. The van der Waals surface area contributed by atoms with Gasteiger partial charge in [-0.2, -0.15) is 0 Å². The third kappa shape index (κ3) is 2.74. The van der Waals surface area contributed by atoms with E-state index < -0.39 is 0 Å². The summed E-state index contributed by atoms with van der Waals surface area (Å²) in [5.74, 6) is 1.45. The molecule has 0 radical (unpaired) electrons. The van der Waals surface area contributed by atoms with Crippen molar-refractivity contribution in [3.05, 3.63) is 68.7 Å². The van der Waals surface area contributed by atoms with E-state index in [0.717, 1.165) is 40.3 Å². The molecule has 0 fully saturated rings. The summed E-state index contributed by atoms with van der Waals surface area (Å²) < 4.78 is 12.2. The molecule has 26 heavy (non-hydrogen) atoms. The van der Waals surface area contributed by atoms with Crippen LogP contribution in [0.5, 0.6) is 11.5 Å². The van der Waals surface area contributed by atoms with Gasteiger partial charge in [0.1, 0.15) is 17.1 Å². The molecule has 0 aliphatic heterocycles. The zero-order valence-corrected chi connectivity index (χ0v) is 15.2. The first-order valence-corrected chi connectivity index (χ1v) is 8.62. The fraction of sp³-hybridized carbons (Fsp3) is 0.200. The number of methoxy groups -OCH3 is 2. The molecule has 0 saturated heterocycles. The molecule has 0 amide bonds. The Bertz CT molecular complexity index is 1100. The highest BCUT2D eigenvalue weighted by atomic mass is 35.5. The zero-order chi connectivity index (χ0) is 18.3. The number of hydrogen-bond donors (Lipinski definition) is 0. The summed E-state index contributed by atoms with van der Waals surface area (Å²) in [5.41, 5.74) is 3.97. The fourth-order valence-corrected chi connectivity index (χ4v) is 3.44. The maximum Gasteiger partial charge on any atom is 0.261 e. The van der Waals surface area contributed by atoms with Crippen molar-refractivity contribution in [3.63, 3.8) is 0 Å². The van der Waals surface area contributed by atoms with Crippen molar-refractivity contribution < 1.29 is 9.47 Å². The van der Waals surface area contributed by atoms with E-state index in [4.69, 9.17) is 26.1 Å². The van der Waals surface area contributed by atoms with Gasteiger partial charge in [0.15, 0.2) is 0 Å². The number of nitrogens with zero attached hydrogens (tertiary/aromatic N) is 2. The van der Waals surface area contributed by atoms with Crippen LogP contribution in [-0.2, 0) is 6.42 Å². The molecule has 1 aliphatic rings. The number of hydrogen-bond acceptors (Lipinski definition) is 4. The van der Waals surface area contributed by atoms with E-state index >= 15 is 0 Å². The van der Waals surface area contributed by atoms with Gasteiger partial charge in [-0.25, -0.2) is 4.98 Å². The lowest BCUT2D eigenvalue weighted by Gasteiger charge is -2.09. The van der Waals surface area contributed by atoms with Crippen LogP contribution in [0, 0.1) is 0 Å². The molecule has 0 bridgehead atoms. The minimum Gasteiger partial charge on any atom is -0.497 e. The van der Waals surface area contributed by atoms with Gasteiger partial charge in [0.25, 0.3) is 5.56 Å². The van der Waals surface area contributed by atoms with Gasteiger partial charge in [-0.1, -0.05) is 11.6 Å². The number of halogens is 1. The van der Waals surface area contributed by atoms with Crippen molar-refractivity contribution in [2.75, 3.05) is 14.2 Å². The Kier molecular flexibility index (Phi) is 4.17. The molecule has 3 aromatic rings. The SMILES string of the molecule is COc1ccc(C=C2CCc3c2nc2ccc(Cl)cn2c3=O)c(OC)c1. The molecule has 0 N–H and O–H groups in total. The molecule has 1 aromatic carbocycles. The third-order valence-corrected chi connectivity index (χ3v) is 4.82. The molecule has 0 saturated carbocycles. The maximum absolute atomic E-state index is 12.8. The van der Waals surface area contributed by atoms with Crippen LogP contribution in [0.4, 0.5) is 0 Å². The molecule has 2 heterocycles. The minimum absolute atomic E-state index is 0.0578. The molecule has 6 heteroatoms. The van der Waals surface area contributed by atoms with Crippen LogP contribution in [0.25, 0.3) is 17.3 Å². The van der Waals surface area contributed by atoms with Gasteiger partial charge in [0.2, 0.25) is 0 Å². The van der Waals surface area contributed by atoms with Crippen LogP contribution in [0.3, 0.4) is 0 Å². The van der Waals surface area contributed by atoms with Crippen molar-refractivity contribution in [1.29, 1.82) is 0 Å². The van der Waals surface area contributed by atoms with Crippen LogP contribution in [0.2, 0.25) is 5.02 Å². The Morgan fingerprint density at radius 1 is 1.15 bits per heavy atom. The normalized spacial score (nSPS) is 14.7. The summed E-state index contributed by atoms with van der Waals surface area (Å²) in [4.78, 5) is 17.5. The summed E-state index contributed by atoms with van der Waals surface area (Å²) in [5, 5.41) is 0.512. The average molecular weight is 369 g/mol. The van der Waals surface area contributed by atoms with Gasteiger partial charge in [0, 0.05) is 23.4 Å². The number of pyridine rings is 1. The number of benzene rings is 1. The van der Waals surface area contributed by atoms with Crippen molar-refractivity contribution >= 4 is 28.9 Å². The van der Waals surface area contributed by atoms with E-state index in [-0.39, 0.29) is 5.56 Å². The van der Waals surface area contributed by atoms with Gasteiger partial charge in [-0.15, -0.1) is 0 Å². The van der Waals surface area contributed by atoms with Crippen LogP contribution >= 0.6 is 11.6 Å². The maximum atomic E-state index is 12.8. The van der Waals surface area contributed by atoms with Gasteiger partial charge < -0.3 is 9.47 Å². The third-order valence-electron chi connectivity index (χ3n) is 4.60. The molecule has 0 unspecified atom stereocenters. The van der Waals surface area contributed by atoms with Crippen LogP contribution in [0.15, 0.2) is 41.3 Å². The quantitative estimate of drug-likeness (QED) is 0.704. The lowest BCUT2D eigenvalue weighted by molar-refractivity contribution is 0.394. The monoisotopic (exact) mass is 368 g/mol. The first-order valence-electron chi connectivity index (χ1n) is 8.24.